The number of rotatable bonds is 10. The van der Waals surface area contributed by atoms with Crippen LogP contribution in [-0.2, 0) is 24.2 Å². The molecule has 3 aromatic rings. The summed E-state index contributed by atoms with van der Waals surface area (Å²) in [6, 6.07) is 17.7. The van der Waals surface area contributed by atoms with Crippen LogP contribution >= 0.6 is 11.8 Å². The molecule has 0 aliphatic heterocycles. The van der Waals surface area contributed by atoms with Crippen LogP contribution in [0.4, 0.5) is 0 Å². The number of nitrogens with zero attached hydrogens (tertiary/aromatic N) is 2. The lowest BCUT2D eigenvalue weighted by atomic mass is 10.1. The van der Waals surface area contributed by atoms with Crippen LogP contribution in [0, 0.1) is 0 Å². The molecule has 29 heavy (non-hydrogen) atoms. The molecule has 2 N–H and O–H groups in total. The van der Waals surface area contributed by atoms with E-state index in [2.05, 4.69) is 15.5 Å². The Balaban J connectivity index is 1.44. The third-order valence-corrected chi connectivity index (χ3v) is 5.39. The van der Waals surface area contributed by atoms with Crippen molar-refractivity contribution in [1.29, 1.82) is 0 Å². The summed E-state index contributed by atoms with van der Waals surface area (Å²) in [6.07, 6.45) is 1.46. The summed E-state index contributed by atoms with van der Waals surface area (Å²) < 4.78 is 6.71. The molecular formula is C21H24N4O3S. The highest BCUT2D eigenvalue weighted by molar-refractivity contribution is 7.99. The molecule has 0 saturated heterocycles. The highest BCUT2D eigenvalue weighted by atomic mass is 32.2. The average molecular weight is 413 g/mol. The first-order chi connectivity index (χ1) is 14.2. The third-order valence-electron chi connectivity index (χ3n) is 4.42. The minimum absolute atomic E-state index is 0.0893. The first-order valence-corrected chi connectivity index (χ1v) is 10.4. The molecule has 1 amide bonds. The Morgan fingerprint density at radius 2 is 1.83 bits per heavy atom. The monoisotopic (exact) mass is 412 g/mol. The molecule has 0 aliphatic carbocycles. The Kier molecular flexibility index (Phi) is 7.52. The zero-order valence-electron chi connectivity index (χ0n) is 16.3. The second kappa shape index (κ2) is 10.5. The Labute approximate surface area is 173 Å². The molecule has 0 bridgehead atoms. The molecule has 8 heteroatoms. The van der Waals surface area contributed by atoms with Crippen LogP contribution in [-0.4, -0.2) is 40.1 Å². The second-order valence-electron chi connectivity index (χ2n) is 6.44. The van der Waals surface area contributed by atoms with Crippen molar-refractivity contribution >= 4 is 17.7 Å². The fourth-order valence-corrected chi connectivity index (χ4v) is 3.62. The van der Waals surface area contributed by atoms with Crippen molar-refractivity contribution in [3.8, 4) is 5.75 Å². The summed E-state index contributed by atoms with van der Waals surface area (Å²) in [5.41, 5.74) is 2.01. The zero-order valence-corrected chi connectivity index (χ0v) is 17.1. The largest absolute Gasteiger partial charge is 0.497 e. The van der Waals surface area contributed by atoms with E-state index in [0.29, 0.717) is 18.2 Å². The smallest absolute Gasteiger partial charge is 0.343 e. The standard InChI is InChI=1S/C21H24N4O3S/c1-28-18-9-7-17(8-10-18)11-13-22-19(26)15-29-21-24-23-20(27)25(21)14-12-16-5-3-2-4-6-16/h2-10H,11-15H2,1H3,(H,22,26)(H,23,27). The minimum Gasteiger partial charge on any atom is -0.497 e. The minimum atomic E-state index is -0.261. The Morgan fingerprint density at radius 1 is 1.10 bits per heavy atom. The van der Waals surface area contributed by atoms with Gasteiger partial charge < -0.3 is 10.1 Å². The van der Waals surface area contributed by atoms with Crippen molar-refractivity contribution in [3.63, 3.8) is 0 Å². The average Bonchev–Trinajstić information content (AvgIpc) is 3.11. The highest BCUT2D eigenvalue weighted by Gasteiger charge is 2.11. The van der Waals surface area contributed by atoms with E-state index >= 15 is 0 Å². The van der Waals surface area contributed by atoms with E-state index in [9.17, 15) is 9.59 Å². The van der Waals surface area contributed by atoms with Crippen LogP contribution in [0.25, 0.3) is 0 Å². The number of aryl methyl sites for hydroxylation is 1. The maximum absolute atomic E-state index is 12.1. The van der Waals surface area contributed by atoms with Gasteiger partial charge in [0.15, 0.2) is 5.16 Å². The number of aromatic nitrogens is 3. The number of H-pyrrole nitrogens is 1. The number of thioether (sulfide) groups is 1. The number of nitrogens with one attached hydrogen (secondary N) is 2. The molecule has 0 unspecified atom stereocenters. The van der Waals surface area contributed by atoms with Crippen LogP contribution in [0.2, 0.25) is 0 Å². The Hall–Kier alpha value is -3.00. The molecule has 0 saturated carbocycles. The van der Waals surface area contributed by atoms with Crippen molar-refractivity contribution in [1.82, 2.24) is 20.1 Å². The molecule has 1 aromatic heterocycles. The number of aromatic amines is 1. The van der Waals surface area contributed by atoms with Gasteiger partial charge in [-0.15, -0.1) is 5.10 Å². The number of carbonyl (C=O) groups excluding carboxylic acids is 1. The van der Waals surface area contributed by atoms with Gasteiger partial charge in [-0.1, -0.05) is 54.2 Å². The summed E-state index contributed by atoms with van der Waals surface area (Å²) in [6.45, 7) is 1.06. The van der Waals surface area contributed by atoms with Gasteiger partial charge in [-0.25, -0.2) is 9.89 Å². The van der Waals surface area contributed by atoms with E-state index in [-0.39, 0.29) is 17.3 Å². The number of hydrogen-bond donors (Lipinski definition) is 2. The number of amides is 1. The molecule has 0 fully saturated rings. The van der Waals surface area contributed by atoms with Crippen LogP contribution < -0.4 is 15.7 Å². The van der Waals surface area contributed by atoms with Crippen molar-refractivity contribution < 1.29 is 9.53 Å². The van der Waals surface area contributed by atoms with Gasteiger partial charge in [0, 0.05) is 13.1 Å². The van der Waals surface area contributed by atoms with Gasteiger partial charge in [0.05, 0.1) is 12.9 Å². The molecule has 1 heterocycles. The molecule has 0 atom stereocenters. The van der Waals surface area contributed by atoms with Gasteiger partial charge in [-0.2, -0.15) is 0 Å². The predicted octanol–water partition coefficient (Wildman–Crippen LogP) is 2.27. The molecular weight excluding hydrogens is 388 g/mol. The van der Waals surface area contributed by atoms with Gasteiger partial charge >= 0.3 is 5.69 Å². The molecule has 0 spiro atoms. The van der Waals surface area contributed by atoms with Crippen LogP contribution in [0.3, 0.4) is 0 Å². The van der Waals surface area contributed by atoms with Crippen molar-refractivity contribution in [2.45, 2.75) is 24.5 Å². The second-order valence-corrected chi connectivity index (χ2v) is 7.38. The first-order valence-electron chi connectivity index (χ1n) is 9.37. The first kappa shape index (κ1) is 20.7. The van der Waals surface area contributed by atoms with Crippen molar-refractivity contribution in [2.75, 3.05) is 19.4 Å². The van der Waals surface area contributed by atoms with Crippen LogP contribution in [0.5, 0.6) is 5.75 Å². The topological polar surface area (TPSA) is 89.0 Å². The maximum Gasteiger partial charge on any atom is 0.343 e. The summed E-state index contributed by atoms with van der Waals surface area (Å²) in [4.78, 5) is 24.1. The molecule has 152 valence electrons. The summed E-state index contributed by atoms with van der Waals surface area (Å²) in [7, 11) is 1.63. The summed E-state index contributed by atoms with van der Waals surface area (Å²) >= 11 is 1.25. The summed E-state index contributed by atoms with van der Waals surface area (Å²) in [5.74, 6) is 0.929. The fraction of sp³-hybridized carbons (Fsp3) is 0.286. The lowest BCUT2D eigenvalue weighted by molar-refractivity contribution is -0.118. The van der Waals surface area contributed by atoms with E-state index in [1.54, 1.807) is 11.7 Å². The molecule has 2 aromatic carbocycles. The zero-order chi connectivity index (χ0) is 20.5. The molecule has 3 rings (SSSR count). The van der Waals surface area contributed by atoms with Gasteiger partial charge in [-0.05, 0) is 36.1 Å². The normalized spacial score (nSPS) is 10.7. The number of ether oxygens (including phenoxy) is 1. The summed E-state index contributed by atoms with van der Waals surface area (Å²) in [5, 5.41) is 9.93. The lowest BCUT2D eigenvalue weighted by Gasteiger charge is -2.07. The predicted molar refractivity (Wildman–Crippen MR) is 113 cm³/mol. The molecule has 0 radical (unpaired) electrons. The third kappa shape index (κ3) is 6.25. The highest BCUT2D eigenvalue weighted by Crippen LogP contribution is 2.14. The van der Waals surface area contributed by atoms with E-state index in [0.717, 1.165) is 29.7 Å². The number of hydrogen-bond acceptors (Lipinski definition) is 5. The maximum atomic E-state index is 12.1. The molecule has 0 aliphatic rings. The molecule has 7 nitrogen and oxygen atoms in total. The lowest BCUT2D eigenvalue weighted by Crippen LogP contribution is -2.27. The van der Waals surface area contributed by atoms with Gasteiger partial charge in [0.2, 0.25) is 5.91 Å². The van der Waals surface area contributed by atoms with E-state index < -0.39 is 0 Å². The van der Waals surface area contributed by atoms with E-state index in [1.807, 2.05) is 54.6 Å². The number of benzene rings is 2. The van der Waals surface area contributed by atoms with E-state index in [4.69, 9.17) is 4.74 Å². The fourth-order valence-electron chi connectivity index (χ4n) is 2.82. The van der Waals surface area contributed by atoms with Gasteiger partial charge in [-0.3, -0.25) is 9.36 Å². The van der Waals surface area contributed by atoms with Gasteiger partial charge in [0.1, 0.15) is 5.75 Å². The van der Waals surface area contributed by atoms with Crippen molar-refractivity contribution in [2.24, 2.45) is 0 Å². The van der Waals surface area contributed by atoms with Crippen molar-refractivity contribution in [3.05, 3.63) is 76.2 Å². The number of carbonyl (C=O) groups is 1. The van der Waals surface area contributed by atoms with Gasteiger partial charge in [0.25, 0.3) is 0 Å². The van der Waals surface area contributed by atoms with Crippen LogP contribution in [0.15, 0.2) is 64.5 Å². The quantitative estimate of drug-likeness (QED) is 0.499. The SMILES string of the molecule is COc1ccc(CCNC(=O)CSc2n[nH]c(=O)n2CCc2ccccc2)cc1. The Morgan fingerprint density at radius 3 is 2.55 bits per heavy atom. The number of methoxy groups -OCH3 is 1. The Bertz CT molecular complexity index is 968. The van der Waals surface area contributed by atoms with Crippen LogP contribution in [0.1, 0.15) is 11.1 Å². The van der Waals surface area contributed by atoms with E-state index in [1.165, 1.54) is 11.8 Å².